The maximum atomic E-state index is 12.0. The first kappa shape index (κ1) is 16.2. The Labute approximate surface area is 134 Å². The van der Waals surface area contributed by atoms with Crippen molar-refractivity contribution >= 4 is 23.4 Å². The number of amides is 1. The molecule has 0 aliphatic heterocycles. The molecule has 22 heavy (non-hydrogen) atoms. The second-order valence-corrected chi connectivity index (χ2v) is 5.70. The van der Waals surface area contributed by atoms with Gasteiger partial charge in [-0.25, -0.2) is 0 Å². The zero-order valence-electron chi connectivity index (χ0n) is 12.7. The molecule has 0 aliphatic rings. The maximum absolute atomic E-state index is 12.0. The Kier molecular flexibility index (Phi) is 6.15. The molecule has 0 saturated carbocycles. The topological polar surface area (TPSA) is 47.6 Å². The molecule has 0 aromatic heterocycles. The van der Waals surface area contributed by atoms with Crippen molar-refractivity contribution in [3.05, 3.63) is 48.5 Å². The molecule has 0 unspecified atom stereocenters. The Hall–Kier alpha value is -2.14. The average molecular weight is 317 g/mol. The van der Waals surface area contributed by atoms with Crippen LogP contribution in [0.4, 0.5) is 5.69 Å². The number of hydrogen-bond acceptors (Lipinski definition) is 4. The Bertz CT molecular complexity index is 617. The van der Waals surface area contributed by atoms with Crippen molar-refractivity contribution in [3.8, 4) is 11.5 Å². The third-order valence-electron chi connectivity index (χ3n) is 3.01. The summed E-state index contributed by atoms with van der Waals surface area (Å²) in [5, 5.41) is 2.87. The molecule has 2 rings (SSSR count). The number of carbonyl (C=O) groups excluding carboxylic acids is 1. The fraction of sp³-hybridized carbons (Fsp3) is 0.235. The van der Waals surface area contributed by atoms with Gasteiger partial charge < -0.3 is 14.8 Å². The van der Waals surface area contributed by atoms with Crippen LogP contribution in [0.1, 0.15) is 6.42 Å². The fourth-order valence-corrected chi connectivity index (χ4v) is 2.79. The molecule has 0 radical (unpaired) electrons. The van der Waals surface area contributed by atoms with Gasteiger partial charge in [0.15, 0.2) is 11.5 Å². The second kappa shape index (κ2) is 8.34. The highest BCUT2D eigenvalue weighted by atomic mass is 32.2. The van der Waals surface area contributed by atoms with Crippen LogP contribution in [0.2, 0.25) is 0 Å². The van der Waals surface area contributed by atoms with E-state index in [1.807, 2.05) is 30.3 Å². The summed E-state index contributed by atoms with van der Waals surface area (Å²) in [5.41, 5.74) is 0.701. The van der Waals surface area contributed by atoms with E-state index in [2.05, 4.69) is 5.32 Å². The number of benzene rings is 2. The van der Waals surface area contributed by atoms with Crippen molar-refractivity contribution in [2.45, 2.75) is 11.3 Å². The molecule has 2 aromatic rings. The van der Waals surface area contributed by atoms with Crippen LogP contribution in [0.5, 0.6) is 11.5 Å². The smallest absolute Gasteiger partial charge is 0.225 e. The summed E-state index contributed by atoms with van der Waals surface area (Å²) in [6.45, 7) is 0. The molecule has 0 spiro atoms. The quantitative estimate of drug-likeness (QED) is 0.789. The highest BCUT2D eigenvalue weighted by Crippen LogP contribution is 2.29. The van der Waals surface area contributed by atoms with Gasteiger partial charge in [-0.3, -0.25) is 4.79 Å². The fourth-order valence-electron chi connectivity index (χ4n) is 1.92. The van der Waals surface area contributed by atoms with Gasteiger partial charge in [-0.2, -0.15) is 0 Å². The van der Waals surface area contributed by atoms with E-state index in [0.29, 0.717) is 23.6 Å². The molecule has 0 fully saturated rings. The first-order valence-electron chi connectivity index (χ1n) is 6.92. The molecular formula is C17H19NO3S. The monoisotopic (exact) mass is 317 g/mol. The number of nitrogens with one attached hydrogen (secondary N) is 1. The van der Waals surface area contributed by atoms with Crippen LogP contribution in [0.15, 0.2) is 53.4 Å². The molecule has 0 saturated heterocycles. The number of carbonyl (C=O) groups is 1. The summed E-state index contributed by atoms with van der Waals surface area (Å²) in [7, 11) is 3.15. The molecule has 0 heterocycles. The summed E-state index contributed by atoms with van der Waals surface area (Å²) in [4.78, 5) is 13.1. The number of hydrogen-bond donors (Lipinski definition) is 1. The SMILES string of the molecule is COc1ccc(NC(=O)CCSc2ccccc2)cc1OC. The molecule has 1 N–H and O–H groups in total. The van der Waals surface area contributed by atoms with E-state index in [1.165, 1.54) is 4.90 Å². The molecule has 2 aromatic carbocycles. The van der Waals surface area contributed by atoms with E-state index < -0.39 is 0 Å². The Balaban J connectivity index is 1.84. The molecule has 1 amide bonds. The van der Waals surface area contributed by atoms with E-state index >= 15 is 0 Å². The third kappa shape index (κ3) is 4.70. The van der Waals surface area contributed by atoms with E-state index in [1.54, 1.807) is 44.2 Å². The van der Waals surface area contributed by atoms with Crippen LogP contribution in [0, 0.1) is 0 Å². The maximum Gasteiger partial charge on any atom is 0.225 e. The Morgan fingerprint density at radius 3 is 2.45 bits per heavy atom. The first-order valence-corrected chi connectivity index (χ1v) is 7.91. The van der Waals surface area contributed by atoms with Crippen molar-refractivity contribution in [1.29, 1.82) is 0 Å². The normalized spacial score (nSPS) is 10.1. The summed E-state index contributed by atoms with van der Waals surface area (Å²) in [5.74, 6) is 1.96. The average Bonchev–Trinajstić information content (AvgIpc) is 2.55. The van der Waals surface area contributed by atoms with Crippen LogP contribution in [0.3, 0.4) is 0 Å². The van der Waals surface area contributed by atoms with Gasteiger partial charge >= 0.3 is 0 Å². The minimum atomic E-state index is -0.0179. The highest BCUT2D eigenvalue weighted by Gasteiger charge is 2.07. The lowest BCUT2D eigenvalue weighted by Gasteiger charge is -2.10. The van der Waals surface area contributed by atoms with Gasteiger partial charge in [-0.1, -0.05) is 18.2 Å². The summed E-state index contributed by atoms with van der Waals surface area (Å²) >= 11 is 1.67. The molecular weight excluding hydrogens is 298 g/mol. The third-order valence-corrected chi connectivity index (χ3v) is 4.02. The zero-order valence-corrected chi connectivity index (χ0v) is 13.5. The predicted molar refractivity (Wildman–Crippen MR) is 90.0 cm³/mol. The van der Waals surface area contributed by atoms with E-state index in [-0.39, 0.29) is 5.91 Å². The van der Waals surface area contributed by atoms with E-state index in [0.717, 1.165) is 5.75 Å². The molecule has 0 atom stereocenters. The molecule has 4 nitrogen and oxygen atoms in total. The van der Waals surface area contributed by atoms with Crippen molar-refractivity contribution in [3.63, 3.8) is 0 Å². The Morgan fingerprint density at radius 2 is 1.77 bits per heavy atom. The zero-order chi connectivity index (χ0) is 15.8. The van der Waals surface area contributed by atoms with Gasteiger partial charge in [-0.15, -0.1) is 11.8 Å². The number of methoxy groups -OCH3 is 2. The van der Waals surface area contributed by atoms with Crippen molar-refractivity contribution in [2.24, 2.45) is 0 Å². The van der Waals surface area contributed by atoms with Gasteiger partial charge in [0, 0.05) is 28.8 Å². The second-order valence-electron chi connectivity index (χ2n) is 4.53. The van der Waals surface area contributed by atoms with Crippen LogP contribution in [-0.2, 0) is 4.79 Å². The van der Waals surface area contributed by atoms with Gasteiger partial charge in [0.1, 0.15) is 0 Å². The largest absolute Gasteiger partial charge is 0.493 e. The van der Waals surface area contributed by atoms with Crippen LogP contribution in [0.25, 0.3) is 0 Å². The Morgan fingerprint density at radius 1 is 1.05 bits per heavy atom. The van der Waals surface area contributed by atoms with Gasteiger partial charge in [0.2, 0.25) is 5.91 Å². The number of ether oxygens (including phenoxy) is 2. The van der Waals surface area contributed by atoms with Gasteiger partial charge in [-0.05, 0) is 24.3 Å². The standard InChI is InChI=1S/C17H19NO3S/c1-20-15-9-8-13(12-16(15)21-2)18-17(19)10-11-22-14-6-4-3-5-7-14/h3-9,12H,10-11H2,1-2H3,(H,18,19). The lowest BCUT2D eigenvalue weighted by Crippen LogP contribution is -2.12. The van der Waals surface area contributed by atoms with Crippen LogP contribution in [-0.4, -0.2) is 25.9 Å². The minimum absolute atomic E-state index is 0.0179. The number of thioether (sulfide) groups is 1. The predicted octanol–water partition coefficient (Wildman–Crippen LogP) is 3.82. The number of rotatable bonds is 7. The van der Waals surface area contributed by atoms with Crippen molar-refractivity contribution in [2.75, 3.05) is 25.3 Å². The summed E-state index contributed by atoms with van der Waals surface area (Å²) in [6, 6.07) is 15.4. The van der Waals surface area contributed by atoms with Gasteiger partial charge in [0.25, 0.3) is 0 Å². The van der Waals surface area contributed by atoms with Gasteiger partial charge in [0.05, 0.1) is 14.2 Å². The van der Waals surface area contributed by atoms with E-state index in [9.17, 15) is 4.79 Å². The first-order chi connectivity index (χ1) is 10.7. The van der Waals surface area contributed by atoms with Crippen LogP contribution >= 0.6 is 11.8 Å². The molecule has 0 bridgehead atoms. The van der Waals surface area contributed by atoms with Crippen molar-refractivity contribution in [1.82, 2.24) is 0 Å². The van der Waals surface area contributed by atoms with Crippen molar-refractivity contribution < 1.29 is 14.3 Å². The lowest BCUT2D eigenvalue weighted by atomic mass is 10.2. The molecule has 0 aliphatic carbocycles. The van der Waals surface area contributed by atoms with Crippen LogP contribution < -0.4 is 14.8 Å². The summed E-state index contributed by atoms with van der Waals surface area (Å²) in [6.07, 6.45) is 0.452. The summed E-state index contributed by atoms with van der Waals surface area (Å²) < 4.78 is 10.4. The minimum Gasteiger partial charge on any atom is -0.493 e. The lowest BCUT2D eigenvalue weighted by molar-refractivity contribution is -0.115. The molecule has 5 heteroatoms. The van der Waals surface area contributed by atoms with E-state index in [4.69, 9.17) is 9.47 Å². The highest BCUT2D eigenvalue weighted by molar-refractivity contribution is 7.99. The number of anilines is 1. The molecule has 116 valence electrons.